The van der Waals surface area contributed by atoms with Crippen molar-refractivity contribution in [3.05, 3.63) is 64.1 Å². The number of benzene rings is 2. The van der Waals surface area contributed by atoms with E-state index < -0.39 is 0 Å². The van der Waals surface area contributed by atoms with Crippen molar-refractivity contribution in [3.63, 3.8) is 0 Å². The topological polar surface area (TPSA) is 102 Å². The molecule has 0 aliphatic heterocycles. The number of carbonyl (C=O) groups excluding carboxylic acids is 2. The van der Waals surface area contributed by atoms with Gasteiger partial charge < -0.3 is 20.1 Å². The molecule has 0 unspecified atom stereocenters. The Hall–Kier alpha value is -3.46. The molecular weight excluding hydrogens is 380 g/mol. The number of nitrogens with one attached hydrogen (secondary N) is 2. The Kier molecular flexibility index (Phi) is 6.18. The van der Waals surface area contributed by atoms with Gasteiger partial charge >= 0.3 is 0 Å². The zero-order chi connectivity index (χ0) is 19.9. The summed E-state index contributed by atoms with van der Waals surface area (Å²) in [6.07, 6.45) is 0. The standard InChI is InChI=1S/C19H18N4O4S/c1-26-13-9-7-12(8-10-13)21-18(25)19-23-22-16(28-19)11-20-17(24)14-5-3-4-6-15(14)27-2/h3-10H,11H2,1-2H3,(H,20,24)(H,21,25). The van der Waals surface area contributed by atoms with E-state index in [1.54, 1.807) is 55.6 Å². The van der Waals surface area contributed by atoms with E-state index in [9.17, 15) is 9.59 Å². The van der Waals surface area contributed by atoms with Crippen molar-refractivity contribution < 1.29 is 19.1 Å². The number of anilines is 1. The number of para-hydroxylation sites is 1. The van der Waals surface area contributed by atoms with Gasteiger partial charge in [0.05, 0.1) is 26.3 Å². The van der Waals surface area contributed by atoms with E-state index in [0.29, 0.717) is 27.8 Å². The van der Waals surface area contributed by atoms with Gasteiger partial charge in [0.15, 0.2) is 0 Å². The van der Waals surface area contributed by atoms with E-state index in [-0.39, 0.29) is 23.4 Å². The summed E-state index contributed by atoms with van der Waals surface area (Å²) in [5.41, 5.74) is 1.04. The molecule has 0 fully saturated rings. The van der Waals surface area contributed by atoms with Crippen LogP contribution in [0.4, 0.5) is 5.69 Å². The molecule has 8 nitrogen and oxygen atoms in total. The first kappa shape index (κ1) is 19.3. The smallest absolute Gasteiger partial charge is 0.286 e. The number of ether oxygens (including phenoxy) is 2. The summed E-state index contributed by atoms with van der Waals surface area (Å²) >= 11 is 1.11. The van der Waals surface area contributed by atoms with E-state index in [0.717, 1.165) is 11.3 Å². The van der Waals surface area contributed by atoms with E-state index in [2.05, 4.69) is 20.8 Å². The van der Waals surface area contributed by atoms with Gasteiger partial charge in [0.25, 0.3) is 11.8 Å². The minimum absolute atomic E-state index is 0.157. The maximum absolute atomic E-state index is 12.3. The lowest BCUT2D eigenvalue weighted by atomic mass is 10.2. The van der Waals surface area contributed by atoms with Crippen molar-refractivity contribution >= 4 is 28.8 Å². The first-order valence-electron chi connectivity index (χ1n) is 8.29. The summed E-state index contributed by atoms with van der Waals surface area (Å²) in [7, 11) is 3.08. The van der Waals surface area contributed by atoms with Crippen LogP contribution < -0.4 is 20.1 Å². The average molecular weight is 398 g/mol. The molecule has 0 aliphatic carbocycles. The van der Waals surface area contributed by atoms with Gasteiger partial charge in [-0.1, -0.05) is 23.5 Å². The molecule has 2 amide bonds. The minimum Gasteiger partial charge on any atom is -0.497 e. The molecule has 3 aromatic rings. The number of nitrogens with zero attached hydrogens (tertiary/aromatic N) is 2. The number of hydrogen-bond donors (Lipinski definition) is 2. The van der Waals surface area contributed by atoms with Gasteiger partial charge in [-0.3, -0.25) is 9.59 Å². The molecule has 1 heterocycles. The van der Waals surface area contributed by atoms with Gasteiger partial charge in [-0.2, -0.15) is 0 Å². The zero-order valence-corrected chi connectivity index (χ0v) is 16.1. The van der Waals surface area contributed by atoms with Crippen molar-refractivity contribution in [2.75, 3.05) is 19.5 Å². The number of carbonyl (C=O) groups is 2. The van der Waals surface area contributed by atoms with Gasteiger partial charge in [-0.15, -0.1) is 10.2 Å². The van der Waals surface area contributed by atoms with E-state index in [1.165, 1.54) is 7.11 Å². The molecule has 0 saturated heterocycles. The Balaban J connectivity index is 1.58. The Labute approximate surface area is 165 Å². The molecule has 3 rings (SSSR count). The third kappa shape index (κ3) is 4.63. The molecule has 0 atom stereocenters. The predicted octanol–water partition coefficient (Wildman–Crippen LogP) is 2.74. The summed E-state index contributed by atoms with van der Waals surface area (Å²) in [5, 5.41) is 14.1. The molecule has 0 aliphatic rings. The van der Waals surface area contributed by atoms with Crippen LogP contribution in [-0.2, 0) is 6.54 Å². The summed E-state index contributed by atoms with van der Waals surface area (Å²) in [6.45, 7) is 0.157. The summed E-state index contributed by atoms with van der Waals surface area (Å²) in [6, 6.07) is 13.9. The molecule has 2 N–H and O–H groups in total. The fourth-order valence-corrected chi connectivity index (χ4v) is 3.03. The predicted molar refractivity (Wildman–Crippen MR) is 105 cm³/mol. The van der Waals surface area contributed by atoms with Crippen molar-refractivity contribution in [2.45, 2.75) is 6.54 Å². The van der Waals surface area contributed by atoms with Gasteiger partial charge in [0.2, 0.25) is 5.01 Å². The number of hydrogen-bond acceptors (Lipinski definition) is 7. The van der Waals surface area contributed by atoms with Crippen LogP contribution >= 0.6 is 11.3 Å². The maximum atomic E-state index is 12.3. The van der Waals surface area contributed by atoms with Crippen LogP contribution in [0.1, 0.15) is 25.2 Å². The van der Waals surface area contributed by atoms with E-state index in [4.69, 9.17) is 9.47 Å². The van der Waals surface area contributed by atoms with Gasteiger partial charge in [-0.05, 0) is 36.4 Å². The highest BCUT2D eigenvalue weighted by atomic mass is 32.1. The third-order valence-corrected chi connectivity index (χ3v) is 4.68. The largest absolute Gasteiger partial charge is 0.497 e. The van der Waals surface area contributed by atoms with Crippen molar-refractivity contribution in [2.24, 2.45) is 0 Å². The van der Waals surface area contributed by atoms with Gasteiger partial charge in [0.1, 0.15) is 16.5 Å². The molecule has 144 valence electrons. The normalized spacial score (nSPS) is 10.2. The average Bonchev–Trinajstić information content (AvgIpc) is 3.22. The first-order chi connectivity index (χ1) is 13.6. The molecular formula is C19H18N4O4S. The molecule has 0 bridgehead atoms. The van der Waals surface area contributed by atoms with Crippen LogP contribution in [0.2, 0.25) is 0 Å². The molecule has 2 aromatic carbocycles. The Morgan fingerprint density at radius 1 is 0.964 bits per heavy atom. The second kappa shape index (κ2) is 8.96. The first-order valence-corrected chi connectivity index (χ1v) is 9.11. The third-order valence-electron chi connectivity index (χ3n) is 3.76. The molecule has 0 radical (unpaired) electrons. The highest BCUT2D eigenvalue weighted by Crippen LogP contribution is 2.19. The molecule has 28 heavy (non-hydrogen) atoms. The Morgan fingerprint density at radius 2 is 1.71 bits per heavy atom. The lowest BCUT2D eigenvalue weighted by Crippen LogP contribution is -2.23. The van der Waals surface area contributed by atoms with Crippen molar-refractivity contribution in [1.82, 2.24) is 15.5 Å². The van der Waals surface area contributed by atoms with Crippen LogP contribution in [0.25, 0.3) is 0 Å². The SMILES string of the molecule is COc1ccc(NC(=O)c2nnc(CNC(=O)c3ccccc3OC)s2)cc1. The van der Waals surface area contributed by atoms with Crippen LogP contribution in [0.15, 0.2) is 48.5 Å². The van der Waals surface area contributed by atoms with E-state index >= 15 is 0 Å². The van der Waals surface area contributed by atoms with Gasteiger partial charge in [-0.25, -0.2) is 0 Å². The monoisotopic (exact) mass is 398 g/mol. The lowest BCUT2D eigenvalue weighted by Gasteiger charge is -2.07. The number of aromatic nitrogens is 2. The minimum atomic E-state index is -0.370. The molecule has 0 saturated carbocycles. The number of methoxy groups -OCH3 is 2. The quantitative estimate of drug-likeness (QED) is 0.634. The van der Waals surface area contributed by atoms with E-state index in [1.807, 2.05) is 0 Å². The summed E-state index contributed by atoms with van der Waals surface area (Å²) in [5.74, 6) is 0.515. The Bertz CT molecular complexity index is 972. The van der Waals surface area contributed by atoms with Crippen LogP contribution in [-0.4, -0.2) is 36.2 Å². The molecule has 0 spiro atoms. The maximum Gasteiger partial charge on any atom is 0.286 e. The van der Waals surface area contributed by atoms with Crippen molar-refractivity contribution in [1.29, 1.82) is 0 Å². The van der Waals surface area contributed by atoms with Crippen LogP contribution in [0.5, 0.6) is 11.5 Å². The zero-order valence-electron chi connectivity index (χ0n) is 15.3. The fraction of sp³-hybridized carbons (Fsp3) is 0.158. The van der Waals surface area contributed by atoms with Crippen LogP contribution in [0.3, 0.4) is 0 Å². The summed E-state index contributed by atoms with van der Waals surface area (Å²) < 4.78 is 10.3. The highest BCUT2D eigenvalue weighted by Gasteiger charge is 2.15. The van der Waals surface area contributed by atoms with Crippen LogP contribution in [0, 0.1) is 0 Å². The number of amides is 2. The molecule has 9 heteroatoms. The molecule has 1 aromatic heterocycles. The lowest BCUT2D eigenvalue weighted by molar-refractivity contribution is 0.0947. The summed E-state index contributed by atoms with van der Waals surface area (Å²) in [4.78, 5) is 24.6. The fourth-order valence-electron chi connectivity index (χ4n) is 2.36. The second-order valence-corrected chi connectivity index (χ2v) is 6.63. The van der Waals surface area contributed by atoms with Gasteiger partial charge in [0, 0.05) is 5.69 Å². The Morgan fingerprint density at radius 3 is 2.43 bits per heavy atom. The number of rotatable bonds is 7. The van der Waals surface area contributed by atoms with Crippen molar-refractivity contribution in [3.8, 4) is 11.5 Å². The second-order valence-electron chi connectivity index (χ2n) is 5.57. The highest BCUT2D eigenvalue weighted by molar-refractivity contribution is 7.13.